The molecule has 1 aromatic rings. The molecule has 0 aromatic carbocycles. The Morgan fingerprint density at radius 1 is 1.38 bits per heavy atom. The predicted molar refractivity (Wildman–Crippen MR) is 87.1 cm³/mol. The van der Waals surface area contributed by atoms with Gasteiger partial charge in [-0.05, 0) is 13.3 Å². The number of hydrogen-bond acceptors (Lipinski definition) is 5. The van der Waals surface area contributed by atoms with Gasteiger partial charge in [-0.2, -0.15) is 0 Å². The summed E-state index contributed by atoms with van der Waals surface area (Å²) < 4.78 is 5.28. The van der Waals surface area contributed by atoms with Crippen molar-refractivity contribution in [2.45, 2.75) is 39.5 Å². The lowest BCUT2D eigenvalue weighted by atomic mass is 9.96. The number of aromatic nitrogens is 2. The number of rotatable bonds is 5. The van der Waals surface area contributed by atoms with Gasteiger partial charge in [-0.3, -0.25) is 0 Å². The Morgan fingerprint density at radius 2 is 2.14 bits per heavy atom. The quantitative estimate of drug-likeness (QED) is 0.904. The lowest BCUT2D eigenvalue weighted by Gasteiger charge is -2.23. The molecule has 0 bridgehead atoms. The van der Waals surface area contributed by atoms with Crippen LogP contribution in [0, 0.1) is 5.92 Å². The highest BCUT2D eigenvalue weighted by Crippen LogP contribution is 2.27. The molecule has 1 saturated heterocycles. The van der Waals surface area contributed by atoms with Gasteiger partial charge in [-0.15, -0.1) is 0 Å². The Labute approximate surface area is 128 Å². The van der Waals surface area contributed by atoms with Crippen molar-refractivity contribution in [1.82, 2.24) is 9.97 Å². The maximum absolute atomic E-state index is 5.28. The zero-order chi connectivity index (χ0) is 15.5. The molecule has 1 fully saturated rings. The van der Waals surface area contributed by atoms with E-state index in [0.717, 1.165) is 43.7 Å². The summed E-state index contributed by atoms with van der Waals surface area (Å²) in [5.74, 6) is 3.45. The van der Waals surface area contributed by atoms with Gasteiger partial charge in [0, 0.05) is 44.1 Å². The van der Waals surface area contributed by atoms with E-state index < -0.39 is 0 Å². The molecule has 0 aliphatic carbocycles. The van der Waals surface area contributed by atoms with E-state index in [2.05, 4.69) is 49.0 Å². The molecule has 1 unspecified atom stereocenters. The van der Waals surface area contributed by atoms with Gasteiger partial charge in [0.1, 0.15) is 17.5 Å². The molecule has 2 heterocycles. The lowest BCUT2D eigenvalue weighted by molar-refractivity contribution is 0.161. The summed E-state index contributed by atoms with van der Waals surface area (Å²) in [7, 11) is 1.77. The van der Waals surface area contributed by atoms with Gasteiger partial charge in [0.05, 0.1) is 6.61 Å². The molecule has 5 nitrogen and oxygen atoms in total. The van der Waals surface area contributed by atoms with Crippen LogP contribution in [-0.2, 0) is 10.2 Å². The van der Waals surface area contributed by atoms with Gasteiger partial charge in [-0.1, -0.05) is 20.8 Å². The molecule has 0 amide bonds. The minimum absolute atomic E-state index is 0.0498. The van der Waals surface area contributed by atoms with Crippen LogP contribution in [-0.4, -0.2) is 43.3 Å². The van der Waals surface area contributed by atoms with Crippen molar-refractivity contribution >= 4 is 11.6 Å². The van der Waals surface area contributed by atoms with Crippen LogP contribution in [0.4, 0.5) is 11.6 Å². The van der Waals surface area contributed by atoms with Crippen LogP contribution < -0.4 is 10.2 Å². The highest BCUT2D eigenvalue weighted by atomic mass is 16.5. The SMILES string of the molecule is CCNc1cc(N2CCC(COC)C2)nc(C(C)(C)C)n1. The predicted octanol–water partition coefficient (Wildman–Crippen LogP) is 2.68. The highest BCUT2D eigenvalue weighted by molar-refractivity contribution is 5.50. The number of methoxy groups -OCH3 is 1. The van der Waals surface area contributed by atoms with Crippen LogP contribution in [0.15, 0.2) is 6.07 Å². The first kappa shape index (κ1) is 16.0. The number of anilines is 2. The molecule has 0 saturated carbocycles. The van der Waals surface area contributed by atoms with E-state index in [1.165, 1.54) is 6.42 Å². The summed E-state index contributed by atoms with van der Waals surface area (Å²) in [6.07, 6.45) is 1.17. The van der Waals surface area contributed by atoms with Crippen LogP contribution in [0.2, 0.25) is 0 Å². The highest BCUT2D eigenvalue weighted by Gasteiger charge is 2.26. The molecule has 1 N–H and O–H groups in total. The maximum atomic E-state index is 5.28. The van der Waals surface area contributed by atoms with E-state index >= 15 is 0 Å². The molecule has 1 aliphatic heterocycles. The van der Waals surface area contributed by atoms with Gasteiger partial charge in [0.25, 0.3) is 0 Å². The summed E-state index contributed by atoms with van der Waals surface area (Å²) in [6, 6.07) is 2.06. The standard InChI is InChI=1S/C16H28N4O/c1-6-17-13-9-14(19-15(18-13)16(2,3)4)20-8-7-12(10-20)11-21-5/h9,12H,6-8,10-11H2,1-5H3,(H,17,18,19). The summed E-state index contributed by atoms with van der Waals surface area (Å²) in [6.45, 7) is 12.3. The van der Waals surface area contributed by atoms with Crippen molar-refractivity contribution in [3.63, 3.8) is 0 Å². The first-order valence-electron chi connectivity index (χ1n) is 7.81. The van der Waals surface area contributed by atoms with Crippen molar-refractivity contribution in [1.29, 1.82) is 0 Å². The van der Waals surface area contributed by atoms with Crippen LogP contribution >= 0.6 is 0 Å². The molecule has 118 valence electrons. The van der Waals surface area contributed by atoms with Crippen LogP contribution in [0.5, 0.6) is 0 Å². The second-order valence-electron chi connectivity index (χ2n) is 6.77. The molecule has 21 heavy (non-hydrogen) atoms. The van der Waals surface area contributed by atoms with E-state index in [0.29, 0.717) is 5.92 Å². The fourth-order valence-electron chi connectivity index (χ4n) is 2.62. The van der Waals surface area contributed by atoms with Crippen LogP contribution in [0.3, 0.4) is 0 Å². The Kier molecular flexibility index (Phi) is 5.04. The van der Waals surface area contributed by atoms with Gasteiger partial charge in [0.15, 0.2) is 0 Å². The fourth-order valence-corrected chi connectivity index (χ4v) is 2.62. The summed E-state index contributed by atoms with van der Waals surface area (Å²) in [5, 5.41) is 3.32. The largest absolute Gasteiger partial charge is 0.384 e. The first-order chi connectivity index (χ1) is 9.94. The van der Waals surface area contributed by atoms with Gasteiger partial charge in [0.2, 0.25) is 0 Å². The minimum Gasteiger partial charge on any atom is -0.384 e. The Balaban J connectivity index is 2.24. The van der Waals surface area contributed by atoms with E-state index in [1.807, 2.05) is 0 Å². The van der Waals surface area contributed by atoms with Crippen molar-refractivity contribution in [3.05, 3.63) is 11.9 Å². The molecule has 0 spiro atoms. The second-order valence-corrected chi connectivity index (χ2v) is 6.77. The Bertz CT molecular complexity index is 470. The average molecular weight is 292 g/mol. The molecule has 1 atom stereocenters. The molecular formula is C16H28N4O. The molecule has 2 rings (SSSR count). The zero-order valence-corrected chi connectivity index (χ0v) is 13.9. The first-order valence-corrected chi connectivity index (χ1v) is 7.81. The normalized spacial score (nSPS) is 19.1. The summed E-state index contributed by atoms with van der Waals surface area (Å²) >= 11 is 0. The van der Waals surface area contributed by atoms with Crippen LogP contribution in [0.25, 0.3) is 0 Å². The second kappa shape index (κ2) is 6.60. The molecule has 1 aromatic heterocycles. The number of ether oxygens (including phenoxy) is 1. The number of nitrogens with one attached hydrogen (secondary N) is 1. The van der Waals surface area contributed by atoms with Crippen molar-refractivity contribution in [2.24, 2.45) is 5.92 Å². The Morgan fingerprint density at radius 3 is 2.76 bits per heavy atom. The smallest absolute Gasteiger partial charge is 0.138 e. The minimum atomic E-state index is -0.0498. The molecule has 0 radical (unpaired) electrons. The van der Waals surface area contributed by atoms with E-state index in [1.54, 1.807) is 7.11 Å². The van der Waals surface area contributed by atoms with E-state index in [9.17, 15) is 0 Å². The van der Waals surface area contributed by atoms with Gasteiger partial charge >= 0.3 is 0 Å². The monoisotopic (exact) mass is 292 g/mol. The lowest BCUT2D eigenvalue weighted by Crippen LogP contribution is -2.25. The molecule has 5 heteroatoms. The molecular weight excluding hydrogens is 264 g/mol. The van der Waals surface area contributed by atoms with Gasteiger partial charge < -0.3 is 15.0 Å². The average Bonchev–Trinajstić information content (AvgIpc) is 2.87. The third kappa shape index (κ3) is 4.06. The Hall–Kier alpha value is -1.36. The van der Waals surface area contributed by atoms with E-state index in [-0.39, 0.29) is 5.41 Å². The molecule has 1 aliphatic rings. The van der Waals surface area contributed by atoms with Crippen molar-refractivity contribution in [3.8, 4) is 0 Å². The van der Waals surface area contributed by atoms with Crippen molar-refractivity contribution < 1.29 is 4.74 Å². The zero-order valence-electron chi connectivity index (χ0n) is 13.9. The third-order valence-electron chi connectivity index (χ3n) is 3.75. The number of nitrogens with zero attached hydrogens (tertiary/aromatic N) is 3. The van der Waals surface area contributed by atoms with E-state index in [4.69, 9.17) is 9.72 Å². The maximum Gasteiger partial charge on any atom is 0.138 e. The fraction of sp³-hybridized carbons (Fsp3) is 0.750. The third-order valence-corrected chi connectivity index (χ3v) is 3.75. The van der Waals surface area contributed by atoms with Gasteiger partial charge in [-0.25, -0.2) is 9.97 Å². The topological polar surface area (TPSA) is 50.3 Å². The van der Waals surface area contributed by atoms with Crippen LogP contribution in [0.1, 0.15) is 39.9 Å². The van der Waals surface area contributed by atoms with Crippen molar-refractivity contribution in [2.75, 3.05) is 43.6 Å². The summed E-state index contributed by atoms with van der Waals surface area (Å²) in [5.41, 5.74) is -0.0498. The summed E-state index contributed by atoms with van der Waals surface area (Å²) in [4.78, 5) is 11.8. The number of hydrogen-bond donors (Lipinski definition) is 1.